The summed E-state index contributed by atoms with van der Waals surface area (Å²) in [5, 5.41) is 0. The third-order valence-electron chi connectivity index (χ3n) is 7.57. The van der Waals surface area contributed by atoms with E-state index in [2.05, 4.69) is 103 Å². The van der Waals surface area contributed by atoms with Crippen LogP contribution in [0.1, 0.15) is 22.3 Å². The largest absolute Gasteiger partial charge is 0.342 e. The molecule has 0 fully saturated rings. The van der Waals surface area contributed by atoms with Crippen LogP contribution < -0.4 is 26.2 Å². The third-order valence-corrected chi connectivity index (χ3v) is 7.57. The fourth-order valence-corrected chi connectivity index (χ4v) is 6.22. The maximum absolute atomic E-state index is 2.60. The van der Waals surface area contributed by atoms with Crippen molar-refractivity contribution in [3.05, 3.63) is 95.1 Å². The Balaban J connectivity index is 1.62. The average Bonchev–Trinajstić information content (AvgIpc) is 3.25. The van der Waals surface area contributed by atoms with Gasteiger partial charge in [-0.2, -0.15) is 0 Å². The van der Waals surface area contributed by atoms with E-state index in [0.29, 0.717) is 0 Å². The zero-order chi connectivity index (χ0) is 21.6. The predicted molar refractivity (Wildman–Crippen MR) is 137 cm³/mol. The molecule has 0 bridgehead atoms. The van der Waals surface area contributed by atoms with Crippen LogP contribution in [0.2, 0.25) is 0 Å². The molecular formula is C29H25BN2. The second-order valence-corrected chi connectivity index (χ2v) is 9.58. The van der Waals surface area contributed by atoms with Crippen molar-refractivity contribution >= 4 is 51.5 Å². The molecule has 3 heteroatoms. The minimum Gasteiger partial charge on any atom is -0.342 e. The van der Waals surface area contributed by atoms with Crippen LogP contribution in [-0.4, -0.2) is 13.3 Å². The number of nitrogens with zero attached hydrogens (tertiary/aromatic N) is 2. The molecule has 3 aliphatic rings. The molecule has 32 heavy (non-hydrogen) atoms. The molecule has 0 aromatic heterocycles. The molecule has 0 atom stereocenters. The molecule has 0 radical (unpaired) electrons. The first-order valence-electron chi connectivity index (χ1n) is 11.6. The highest BCUT2D eigenvalue weighted by molar-refractivity contribution is 7.00. The van der Waals surface area contributed by atoms with Gasteiger partial charge >= 0.3 is 0 Å². The minimum atomic E-state index is 0.278. The quantitative estimate of drug-likeness (QED) is 0.361. The number of para-hydroxylation sites is 1. The smallest absolute Gasteiger partial charge is 0.252 e. The van der Waals surface area contributed by atoms with Gasteiger partial charge in [0.1, 0.15) is 0 Å². The van der Waals surface area contributed by atoms with E-state index >= 15 is 0 Å². The Labute approximate surface area is 190 Å². The highest BCUT2D eigenvalue weighted by Gasteiger charge is 2.44. The highest BCUT2D eigenvalue weighted by Crippen LogP contribution is 2.44. The van der Waals surface area contributed by atoms with E-state index in [4.69, 9.17) is 0 Å². The van der Waals surface area contributed by atoms with Gasteiger partial charge in [0.2, 0.25) is 0 Å². The third kappa shape index (κ3) is 2.26. The molecule has 7 rings (SSSR count). The summed E-state index contributed by atoms with van der Waals surface area (Å²) < 4.78 is 0. The molecule has 0 aliphatic carbocycles. The van der Waals surface area contributed by atoms with Gasteiger partial charge in [0, 0.05) is 35.0 Å². The molecule has 3 heterocycles. The second-order valence-electron chi connectivity index (χ2n) is 9.58. The Bertz CT molecular complexity index is 1420. The Hall–Kier alpha value is -3.46. The van der Waals surface area contributed by atoms with E-state index in [9.17, 15) is 0 Å². The highest BCUT2D eigenvalue weighted by atomic mass is 15.2. The molecule has 4 aromatic rings. The number of hydrogen-bond acceptors (Lipinski definition) is 2. The Morgan fingerprint density at radius 1 is 0.719 bits per heavy atom. The van der Waals surface area contributed by atoms with Crippen LogP contribution in [0.15, 0.2) is 72.8 Å². The molecule has 4 aromatic carbocycles. The van der Waals surface area contributed by atoms with Crippen LogP contribution in [0.5, 0.6) is 0 Å². The van der Waals surface area contributed by atoms with Gasteiger partial charge in [-0.05, 0) is 96.2 Å². The van der Waals surface area contributed by atoms with Crippen molar-refractivity contribution < 1.29 is 0 Å². The van der Waals surface area contributed by atoms with Crippen LogP contribution >= 0.6 is 0 Å². The van der Waals surface area contributed by atoms with E-state index < -0.39 is 0 Å². The van der Waals surface area contributed by atoms with Crippen molar-refractivity contribution in [2.24, 2.45) is 0 Å². The van der Waals surface area contributed by atoms with Crippen molar-refractivity contribution in [2.75, 3.05) is 16.3 Å². The molecule has 0 N–H and O–H groups in total. The topological polar surface area (TPSA) is 6.48 Å². The summed E-state index contributed by atoms with van der Waals surface area (Å²) in [5.74, 6) is 0. The molecule has 0 spiro atoms. The van der Waals surface area contributed by atoms with Crippen molar-refractivity contribution in [1.29, 1.82) is 0 Å². The first kappa shape index (κ1) is 18.1. The molecule has 0 saturated heterocycles. The molecular weight excluding hydrogens is 387 g/mol. The number of anilines is 5. The monoisotopic (exact) mass is 412 g/mol. The van der Waals surface area contributed by atoms with E-state index in [0.717, 1.165) is 13.0 Å². The number of rotatable bonds is 1. The van der Waals surface area contributed by atoms with Gasteiger partial charge in [0.25, 0.3) is 6.71 Å². The van der Waals surface area contributed by atoms with Crippen molar-refractivity contribution in [1.82, 2.24) is 0 Å². The van der Waals surface area contributed by atoms with Crippen LogP contribution in [0.4, 0.5) is 28.4 Å². The minimum absolute atomic E-state index is 0.278. The molecule has 154 valence electrons. The van der Waals surface area contributed by atoms with Gasteiger partial charge in [-0.1, -0.05) is 42.5 Å². The normalized spacial score (nSPS) is 14.9. The van der Waals surface area contributed by atoms with Crippen molar-refractivity contribution in [3.63, 3.8) is 0 Å². The molecule has 3 aliphatic heterocycles. The summed E-state index contributed by atoms with van der Waals surface area (Å²) in [7, 11) is 0. The fourth-order valence-electron chi connectivity index (χ4n) is 6.22. The average molecular weight is 412 g/mol. The lowest BCUT2D eigenvalue weighted by Crippen LogP contribution is -2.61. The summed E-state index contributed by atoms with van der Waals surface area (Å²) >= 11 is 0. The van der Waals surface area contributed by atoms with Gasteiger partial charge in [-0.25, -0.2) is 0 Å². The summed E-state index contributed by atoms with van der Waals surface area (Å²) in [6.45, 7) is 8.06. The summed E-state index contributed by atoms with van der Waals surface area (Å²) in [6.07, 6.45) is 1.13. The lowest BCUT2D eigenvalue weighted by molar-refractivity contribution is 0.995. The first-order chi connectivity index (χ1) is 15.6. The zero-order valence-electron chi connectivity index (χ0n) is 18.8. The predicted octanol–water partition coefficient (Wildman–Crippen LogP) is 4.92. The van der Waals surface area contributed by atoms with E-state index in [1.165, 1.54) is 67.1 Å². The fraction of sp³-hybridized carbons (Fsp3) is 0.172. The molecule has 2 nitrogen and oxygen atoms in total. The summed E-state index contributed by atoms with van der Waals surface area (Å²) in [6, 6.07) is 27.4. The second kappa shape index (κ2) is 6.29. The van der Waals surface area contributed by atoms with Crippen molar-refractivity contribution in [3.8, 4) is 0 Å². The lowest BCUT2D eigenvalue weighted by atomic mass is 9.33. The Morgan fingerprint density at radius 2 is 1.47 bits per heavy atom. The standard InChI is InChI=1S/C29H25BN2/c1-18-9-11-23-25(15-18)32(21-7-5-4-6-8-21)27-17-19(2)16-26-28(27)30(23)24-12-10-20(3)22-13-14-31(26)29(22)24/h4-12,15-17H,13-14H2,1-3H3. The number of benzene rings is 4. The summed E-state index contributed by atoms with van der Waals surface area (Å²) in [5.41, 5.74) is 16.7. The Morgan fingerprint density at radius 3 is 2.31 bits per heavy atom. The van der Waals surface area contributed by atoms with Crippen LogP contribution in [0.25, 0.3) is 0 Å². The maximum atomic E-state index is 2.60. The van der Waals surface area contributed by atoms with Gasteiger partial charge in [-0.3, -0.25) is 0 Å². The molecule has 0 saturated carbocycles. The van der Waals surface area contributed by atoms with E-state index in [1.807, 2.05) is 0 Å². The first-order valence-corrected chi connectivity index (χ1v) is 11.6. The van der Waals surface area contributed by atoms with Crippen molar-refractivity contribution in [2.45, 2.75) is 27.2 Å². The van der Waals surface area contributed by atoms with Crippen LogP contribution in [0, 0.1) is 20.8 Å². The number of aryl methyl sites for hydroxylation is 3. The number of hydrogen-bond donors (Lipinski definition) is 0. The summed E-state index contributed by atoms with van der Waals surface area (Å²) in [4.78, 5) is 5.09. The maximum Gasteiger partial charge on any atom is 0.252 e. The van der Waals surface area contributed by atoms with Crippen LogP contribution in [-0.2, 0) is 6.42 Å². The lowest BCUT2D eigenvalue weighted by Gasteiger charge is -2.43. The van der Waals surface area contributed by atoms with Gasteiger partial charge in [0.15, 0.2) is 0 Å². The van der Waals surface area contributed by atoms with Gasteiger partial charge in [0.05, 0.1) is 0 Å². The van der Waals surface area contributed by atoms with E-state index in [-0.39, 0.29) is 6.71 Å². The number of fused-ring (bicyclic) bond motifs is 4. The van der Waals surface area contributed by atoms with Crippen LogP contribution in [0.3, 0.4) is 0 Å². The SMILES string of the molecule is Cc1ccc2c(c1)N(c1ccccc1)c1cc(C)cc3c1B2c1ccc(C)c2c1N3CC2. The van der Waals surface area contributed by atoms with Gasteiger partial charge < -0.3 is 9.80 Å². The molecule has 0 unspecified atom stereocenters. The molecule has 0 amide bonds. The zero-order valence-corrected chi connectivity index (χ0v) is 18.8. The van der Waals surface area contributed by atoms with E-state index in [1.54, 1.807) is 0 Å². The van der Waals surface area contributed by atoms with Gasteiger partial charge in [-0.15, -0.1) is 0 Å². The Kier molecular flexibility index (Phi) is 3.57.